The highest BCUT2D eigenvalue weighted by atomic mass is 35.5. The lowest BCUT2D eigenvalue weighted by Gasteiger charge is -2.28. The lowest BCUT2D eigenvalue weighted by Crippen LogP contribution is -2.34. The molecule has 0 radical (unpaired) electrons. The van der Waals surface area contributed by atoms with Crippen LogP contribution in [0.2, 0.25) is 10.0 Å². The molecule has 1 aliphatic rings. The van der Waals surface area contributed by atoms with Gasteiger partial charge in [0.15, 0.2) is 0 Å². The SMILES string of the molecule is C=CC1(C)CCC(C)(COCc2c(Cl)cccc2Cl)O1. The van der Waals surface area contributed by atoms with Crippen LogP contribution >= 0.6 is 23.2 Å². The monoisotopic (exact) mass is 314 g/mol. The van der Waals surface area contributed by atoms with Crippen LogP contribution in [0.15, 0.2) is 30.9 Å². The van der Waals surface area contributed by atoms with E-state index in [-0.39, 0.29) is 11.2 Å². The number of hydrogen-bond donors (Lipinski definition) is 0. The van der Waals surface area contributed by atoms with Gasteiger partial charge in [0.2, 0.25) is 0 Å². The lowest BCUT2D eigenvalue weighted by molar-refractivity contribution is -0.104. The van der Waals surface area contributed by atoms with Crippen LogP contribution in [0.3, 0.4) is 0 Å². The molecule has 1 heterocycles. The molecule has 1 aliphatic heterocycles. The van der Waals surface area contributed by atoms with Crippen LogP contribution in [-0.4, -0.2) is 17.8 Å². The van der Waals surface area contributed by atoms with Crippen LogP contribution in [0.25, 0.3) is 0 Å². The van der Waals surface area contributed by atoms with E-state index in [9.17, 15) is 0 Å². The highest BCUT2D eigenvalue weighted by molar-refractivity contribution is 6.35. The minimum Gasteiger partial charge on any atom is -0.374 e. The molecule has 0 aromatic heterocycles. The van der Waals surface area contributed by atoms with Crippen molar-refractivity contribution in [2.75, 3.05) is 6.61 Å². The molecule has 2 atom stereocenters. The molecule has 0 amide bonds. The fourth-order valence-corrected chi connectivity index (χ4v) is 2.97. The van der Waals surface area contributed by atoms with Gasteiger partial charge in [0.25, 0.3) is 0 Å². The van der Waals surface area contributed by atoms with Crippen molar-refractivity contribution < 1.29 is 9.47 Å². The Balaban J connectivity index is 1.92. The van der Waals surface area contributed by atoms with Crippen molar-refractivity contribution in [3.05, 3.63) is 46.5 Å². The Morgan fingerprint density at radius 1 is 1.30 bits per heavy atom. The van der Waals surface area contributed by atoms with Gasteiger partial charge < -0.3 is 9.47 Å². The lowest BCUT2D eigenvalue weighted by atomic mass is 9.99. The van der Waals surface area contributed by atoms with Crippen LogP contribution < -0.4 is 0 Å². The number of benzene rings is 1. The minimum atomic E-state index is -0.281. The van der Waals surface area contributed by atoms with Gasteiger partial charge in [-0.1, -0.05) is 35.3 Å². The van der Waals surface area contributed by atoms with Crippen LogP contribution in [-0.2, 0) is 16.1 Å². The van der Waals surface area contributed by atoms with E-state index in [1.165, 1.54) is 0 Å². The first-order valence-corrected chi connectivity index (χ1v) is 7.47. The second kappa shape index (κ2) is 6.07. The Hall–Kier alpha value is -0.540. The zero-order valence-electron chi connectivity index (χ0n) is 11.9. The summed E-state index contributed by atoms with van der Waals surface area (Å²) in [5, 5.41) is 1.26. The van der Waals surface area contributed by atoms with E-state index in [2.05, 4.69) is 20.4 Å². The van der Waals surface area contributed by atoms with Crippen molar-refractivity contribution in [3.63, 3.8) is 0 Å². The van der Waals surface area contributed by atoms with Crippen molar-refractivity contribution >= 4 is 23.2 Å². The molecule has 0 spiro atoms. The summed E-state index contributed by atoms with van der Waals surface area (Å²) in [6.45, 7) is 8.85. The van der Waals surface area contributed by atoms with E-state index in [1.54, 1.807) is 0 Å². The van der Waals surface area contributed by atoms with Crippen molar-refractivity contribution in [2.45, 2.75) is 44.5 Å². The summed E-state index contributed by atoms with van der Waals surface area (Å²) in [4.78, 5) is 0. The maximum atomic E-state index is 6.12. The first kappa shape index (κ1) is 15.8. The maximum Gasteiger partial charge on any atom is 0.0899 e. The number of halogens is 2. The summed E-state index contributed by atoms with van der Waals surface area (Å²) in [6, 6.07) is 5.45. The Labute approximate surface area is 130 Å². The smallest absolute Gasteiger partial charge is 0.0899 e. The van der Waals surface area contributed by atoms with Gasteiger partial charge in [-0.05, 0) is 38.8 Å². The second-order valence-electron chi connectivity index (χ2n) is 5.76. The molecular weight excluding hydrogens is 295 g/mol. The molecule has 0 N–H and O–H groups in total. The molecule has 110 valence electrons. The quantitative estimate of drug-likeness (QED) is 0.710. The molecule has 0 bridgehead atoms. The Morgan fingerprint density at radius 3 is 2.50 bits per heavy atom. The molecule has 1 aromatic carbocycles. The van der Waals surface area contributed by atoms with Crippen molar-refractivity contribution in [1.82, 2.24) is 0 Å². The highest BCUT2D eigenvalue weighted by Gasteiger charge is 2.42. The standard InChI is InChI=1S/C16H20Cl2O2/c1-4-15(2)8-9-16(3,20-15)11-19-10-12-13(17)6-5-7-14(12)18/h4-7H,1,8-11H2,2-3H3. The first-order chi connectivity index (χ1) is 9.37. The van der Waals surface area contributed by atoms with Gasteiger partial charge in [0.1, 0.15) is 0 Å². The number of hydrogen-bond acceptors (Lipinski definition) is 2. The minimum absolute atomic E-state index is 0.250. The summed E-state index contributed by atoms with van der Waals surface area (Å²) < 4.78 is 11.9. The van der Waals surface area contributed by atoms with E-state index in [0.29, 0.717) is 23.3 Å². The molecule has 4 heteroatoms. The molecular formula is C16H20Cl2O2. The Bertz CT molecular complexity index is 483. The first-order valence-electron chi connectivity index (χ1n) is 6.72. The molecule has 1 fully saturated rings. The summed E-state index contributed by atoms with van der Waals surface area (Å²) in [6.07, 6.45) is 3.78. The van der Waals surface area contributed by atoms with Crippen molar-refractivity contribution in [3.8, 4) is 0 Å². The highest BCUT2D eigenvalue weighted by Crippen LogP contribution is 2.38. The third-order valence-corrected chi connectivity index (χ3v) is 4.49. The molecule has 1 aromatic rings. The average molecular weight is 315 g/mol. The van der Waals surface area contributed by atoms with Crippen molar-refractivity contribution in [2.24, 2.45) is 0 Å². The molecule has 20 heavy (non-hydrogen) atoms. The summed E-state index contributed by atoms with van der Waals surface area (Å²) in [5.74, 6) is 0. The maximum absolute atomic E-state index is 6.12. The molecule has 2 nitrogen and oxygen atoms in total. The van der Waals surface area contributed by atoms with Gasteiger partial charge in [0, 0.05) is 15.6 Å². The molecule has 1 saturated heterocycles. The average Bonchev–Trinajstić information content (AvgIpc) is 2.71. The fourth-order valence-electron chi connectivity index (χ4n) is 2.46. The van der Waals surface area contributed by atoms with Crippen LogP contribution in [0, 0.1) is 0 Å². The molecule has 0 aliphatic carbocycles. The Morgan fingerprint density at radius 2 is 1.95 bits per heavy atom. The van der Waals surface area contributed by atoms with Gasteiger partial charge in [-0.25, -0.2) is 0 Å². The number of rotatable bonds is 5. The van der Waals surface area contributed by atoms with E-state index in [4.69, 9.17) is 32.7 Å². The largest absolute Gasteiger partial charge is 0.374 e. The third kappa shape index (κ3) is 3.56. The van der Waals surface area contributed by atoms with Gasteiger partial charge in [-0.2, -0.15) is 0 Å². The molecule has 2 rings (SSSR count). The zero-order valence-corrected chi connectivity index (χ0v) is 13.4. The topological polar surface area (TPSA) is 18.5 Å². The van der Waals surface area contributed by atoms with E-state index in [0.717, 1.165) is 18.4 Å². The predicted octanol–water partition coefficient (Wildman–Crippen LogP) is 5.02. The van der Waals surface area contributed by atoms with Crippen LogP contribution in [0.4, 0.5) is 0 Å². The summed E-state index contributed by atoms with van der Waals surface area (Å²) >= 11 is 12.2. The number of ether oxygens (including phenoxy) is 2. The molecule has 2 unspecified atom stereocenters. The predicted molar refractivity (Wildman–Crippen MR) is 83.4 cm³/mol. The summed E-state index contributed by atoms with van der Waals surface area (Å²) in [7, 11) is 0. The zero-order chi connectivity index (χ0) is 14.8. The van der Waals surface area contributed by atoms with Gasteiger partial charge in [-0.15, -0.1) is 6.58 Å². The van der Waals surface area contributed by atoms with Crippen LogP contribution in [0.5, 0.6) is 0 Å². The Kier molecular flexibility index (Phi) is 4.80. The van der Waals surface area contributed by atoms with Crippen LogP contribution in [0.1, 0.15) is 32.3 Å². The molecule has 0 saturated carbocycles. The van der Waals surface area contributed by atoms with E-state index >= 15 is 0 Å². The third-order valence-electron chi connectivity index (χ3n) is 3.78. The van der Waals surface area contributed by atoms with Gasteiger partial charge in [0.05, 0.1) is 24.4 Å². The van der Waals surface area contributed by atoms with E-state index in [1.807, 2.05) is 24.3 Å². The normalized spacial score (nSPS) is 29.6. The van der Waals surface area contributed by atoms with Crippen molar-refractivity contribution in [1.29, 1.82) is 0 Å². The fraction of sp³-hybridized carbons (Fsp3) is 0.500. The van der Waals surface area contributed by atoms with Gasteiger partial charge >= 0.3 is 0 Å². The van der Waals surface area contributed by atoms with Gasteiger partial charge in [-0.3, -0.25) is 0 Å². The summed E-state index contributed by atoms with van der Waals surface area (Å²) in [5.41, 5.74) is 0.292. The second-order valence-corrected chi connectivity index (χ2v) is 6.58. The van der Waals surface area contributed by atoms with E-state index < -0.39 is 0 Å².